The minimum atomic E-state index is 0.221. The zero-order valence-electron chi connectivity index (χ0n) is 14.1. The number of aromatic amines is 1. The van der Waals surface area contributed by atoms with Crippen LogP contribution >= 0.6 is 11.3 Å². The van der Waals surface area contributed by atoms with E-state index < -0.39 is 0 Å². The molecule has 0 saturated carbocycles. The predicted molar refractivity (Wildman–Crippen MR) is 95.7 cm³/mol. The van der Waals surface area contributed by atoms with Crippen LogP contribution in [0.4, 0.5) is 10.9 Å². The normalized spacial score (nSPS) is 14.1. The van der Waals surface area contributed by atoms with E-state index in [1.807, 2.05) is 4.90 Å². The number of amides is 1. The molecule has 0 radical (unpaired) electrons. The van der Waals surface area contributed by atoms with Gasteiger partial charge < -0.3 is 15.2 Å². The van der Waals surface area contributed by atoms with Gasteiger partial charge in [0.15, 0.2) is 16.6 Å². The van der Waals surface area contributed by atoms with Gasteiger partial charge in [-0.1, -0.05) is 25.2 Å². The van der Waals surface area contributed by atoms with Gasteiger partial charge in [-0.25, -0.2) is 19.9 Å². The molecule has 1 amide bonds. The van der Waals surface area contributed by atoms with Crippen molar-refractivity contribution in [2.75, 3.05) is 11.9 Å². The lowest BCUT2D eigenvalue weighted by molar-refractivity contribution is -0.132. The lowest BCUT2D eigenvalue weighted by Gasteiger charge is -2.26. The Labute approximate surface area is 148 Å². The van der Waals surface area contributed by atoms with Crippen molar-refractivity contribution in [3.05, 3.63) is 23.2 Å². The van der Waals surface area contributed by atoms with E-state index in [9.17, 15) is 4.79 Å². The molecular weight excluding hydrogens is 338 g/mol. The van der Waals surface area contributed by atoms with Crippen molar-refractivity contribution in [3.8, 4) is 0 Å². The summed E-state index contributed by atoms with van der Waals surface area (Å²) in [7, 11) is 0. The summed E-state index contributed by atoms with van der Waals surface area (Å²) in [6, 6.07) is 0. The number of fused-ring (bicyclic) bond motifs is 2. The molecule has 2 N–H and O–H groups in total. The van der Waals surface area contributed by atoms with Crippen LogP contribution in [0.1, 0.15) is 30.8 Å². The van der Waals surface area contributed by atoms with Crippen molar-refractivity contribution in [1.82, 2.24) is 29.8 Å². The number of anilines is 2. The van der Waals surface area contributed by atoms with Gasteiger partial charge in [0, 0.05) is 24.3 Å². The van der Waals surface area contributed by atoms with Gasteiger partial charge in [-0.05, 0) is 5.92 Å². The third-order valence-corrected chi connectivity index (χ3v) is 5.11. The number of hydrogen-bond acceptors (Lipinski definition) is 7. The second kappa shape index (κ2) is 6.40. The number of aromatic nitrogens is 5. The van der Waals surface area contributed by atoms with Gasteiger partial charge in [0.25, 0.3) is 0 Å². The summed E-state index contributed by atoms with van der Waals surface area (Å²) in [6.07, 6.45) is 4.46. The minimum Gasteiger partial charge on any atom is -0.340 e. The minimum absolute atomic E-state index is 0.221. The fraction of sp³-hybridized carbons (Fsp3) is 0.438. The van der Waals surface area contributed by atoms with E-state index in [1.165, 1.54) is 6.33 Å². The quantitative estimate of drug-likeness (QED) is 0.744. The average molecular weight is 357 g/mol. The van der Waals surface area contributed by atoms with Crippen LogP contribution in [-0.2, 0) is 17.8 Å². The van der Waals surface area contributed by atoms with Gasteiger partial charge in [0.05, 0.1) is 18.6 Å². The zero-order chi connectivity index (χ0) is 17.4. The predicted octanol–water partition coefficient (Wildman–Crippen LogP) is 2.48. The molecule has 0 unspecified atom stereocenters. The largest absolute Gasteiger partial charge is 0.340 e. The van der Waals surface area contributed by atoms with Crippen molar-refractivity contribution >= 4 is 39.4 Å². The Kier molecular flexibility index (Phi) is 4.08. The molecule has 0 aliphatic carbocycles. The highest BCUT2D eigenvalue weighted by atomic mass is 32.1. The first-order chi connectivity index (χ1) is 12.1. The van der Waals surface area contributed by atoms with E-state index in [1.54, 1.807) is 17.7 Å². The Bertz CT molecular complexity index is 916. The highest BCUT2D eigenvalue weighted by Gasteiger charge is 2.24. The molecule has 1 aliphatic heterocycles. The first-order valence-corrected chi connectivity index (χ1v) is 9.09. The third kappa shape index (κ3) is 3.19. The molecule has 0 atom stereocenters. The SMILES string of the molecule is CC(C)CC(=O)N1CCc2nc(Nc3ncnc4nc[nH]c34)sc2C1. The summed E-state index contributed by atoms with van der Waals surface area (Å²) in [5, 5.41) is 4.02. The maximum absolute atomic E-state index is 12.3. The molecule has 3 aromatic rings. The van der Waals surface area contributed by atoms with E-state index in [2.05, 4.69) is 44.1 Å². The first kappa shape index (κ1) is 15.9. The average Bonchev–Trinajstić information content (AvgIpc) is 3.19. The Morgan fingerprint density at radius 2 is 2.28 bits per heavy atom. The van der Waals surface area contributed by atoms with Crippen LogP contribution in [-0.4, -0.2) is 42.3 Å². The van der Waals surface area contributed by atoms with E-state index >= 15 is 0 Å². The second-order valence-corrected chi connectivity index (χ2v) is 7.58. The van der Waals surface area contributed by atoms with Gasteiger partial charge >= 0.3 is 0 Å². The van der Waals surface area contributed by atoms with Gasteiger partial charge in [0.2, 0.25) is 5.91 Å². The number of carbonyl (C=O) groups is 1. The number of nitrogens with zero attached hydrogens (tertiary/aromatic N) is 5. The standard InChI is InChI=1S/C16H19N7OS/c1-9(2)5-12(24)23-4-3-10-11(6-23)25-16(21-10)22-15-13-14(18-7-17-13)19-8-20-15/h7-9H,3-6H2,1-2H3,(H2,17,18,19,20,21,22). The number of imidazole rings is 1. The highest BCUT2D eigenvalue weighted by Crippen LogP contribution is 2.31. The van der Waals surface area contributed by atoms with Crippen molar-refractivity contribution in [2.24, 2.45) is 5.92 Å². The zero-order valence-corrected chi connectivity index (χ0v) is 14.9. The monoisotopic (exact) mass is 357 g/mol. The molecule has 8 nitrogen and oxygen atoms in total. The molecule has 0 saturated heterocycles. The Hall–Kier alpha value is -2.55. The van der Waals surface area contributed by atoms with Crippen molar-refractivity contribution < 1.29 is 4.79 Å². The Morgan fingerprint density at radius 3 is 3.12 bits per heavy atom. The number of nitrogens with one attached hydrogen (secondary N) is 2. The van der Waals surface area contributed by atoms with Crippen molar-refractivity contribution in [1.29, 1.82) is 0 Å². The van der Waals surface area contributed by atoms with E-state index in [-0.39, 0.29) is 5.91 Å². The lowest BCUT2D eigenvalue weighted by atomic mass is 10.1. The van der Waals surface area contributed by atoms with Crippen LogP contribution in [0, 0.1) is 5.92 Å². The van der Waals surface area contributed by atoms with E-state index in [4.69, 9.17) is 0 Å². The third-order valence-electron chi connectivity index (χ3n) is 4.12. The summed E-state index contributed by atoms with van der Waals surface area (Å²) >= 11 is 1.57. The van der Waals surface area contributed by atoms with Crippen LogP contribution < -0.4 is 5.32 Å². The molecule has 1 aliphatic rings. The van der Waals surface area contributed by atoms with Crippen molar-refractivity contribution in [3.63, 3.8) is 0 Å². The maximum Gasteiger partial charge on any atom is 0.223 e. The number of rotatable bonds is 4. The summed E-state index contributed by atoms with van der Waals surface area (Å²) in [6.45, 7) is 5.52. The van der Waals surface area contributed by atoms with Crippen molar-refractivity contribution in [2.45, 2.75) is 33.2 Å². The summed E-state index contributed by atoms with van der Waals surface area (Å²) in [4.78, 5) is 35.6. The molecule has 0 bridgehead atoms. The van der Waals surface area contributed by atoms with Gasteiger partial charge in [-0.2, -0.15) is 0 Å². The van der Waals surface area contributed by atoms with Crippen LogP contribution in [0.3, 0.4) is 0 Å². The Morgan fingerprint density at radius 1 is 1.40 bits per heavy atom. The molecule has 9 heteroatoms. The molecule has 25 heavy (non-hydrogen) atoms. The van der Waals surface area contributed by atoms with Gasteiger partial charge in [0.1, 0.15) is 11.8 Å². The summed E-state index contributed by atoms with van der Waals surface area (Å²) < 4.78 is 0. The number of hydrogen-bond donors (Lipinski definition) is 2. The molecule has 3 aromatic heterocycles. The van der Waals surface area contributed by atoms with Crippen LogP contribution in [0.2, 0.25) is 0 Å². The number of thiazole rings is 1. The molecular formula is C16H19N7OS. The summed E-state index contributed by atoms with van der Waals surface area (Å²) in [5.74, 6) is 1.25. The second-order valence-electron chi connectivity index (χ2n) is 6.50. The number of H-pyrrole nitrogens is 1. The molecule has 4 rings (SSSR count). The Balaban J connectivity index is 1.52. The van der Waals surface area contributed by atoms with Crippen LogP contribution in [0.5, 0.6) is 0 Å². The smallest absolute Gasteiger partial charge is 0.223 e. The van der Waals surface area contributed by atoms with Crippen LogP contribution in [0.25, 0.3) is 11.2 Å². The molecule has 4 heterocycles. The first-order valence-electron chi connectivity index (χ1n) is 8.27. The fourth-order valence-electron chi connectivity index (χ4n) is 2.90. The molecule has 130 valence electrons. The summed E-state index contributed by atoms with van der Waals surface area (Å²) in [5.41, 5.74) is 2.43. The van der Waals surface area contributed by atoms with E-state index in [0.29, 0.717) is 30.3 Å². The topological polar surface area (TPSA) is 99.7 Å². The molecule has 0 fully saturated rings. The van der Waals surface area contributed by atoms with Gasteiger partial charge in [-0.3, -0.25) is 4.79 Å². The van der Waals surface area contributed by atoms with Crippen LogP contribution in [0.15, 0.2) is 12.7 Å². The van der Waals surface area contributed by atoms with Gasteiger partial charge in [-0.15, -0.1) is 0 Å². The fourth-order valence-corrected chi connectivity index (χ4v) is 3.92. The lowest BCUT2D eigenvalue weighted by Crippen LogP contribution is -2.36. The molecule has 0 aromatic carbocycles. The number of carbonyl (C=O) groups excluding carboxylic acids is 1. The van der Waals surface area contributed by atoms with E-state index in [0.717, 1.165) is 34.2 Å². The highest BCUT2D eigenvalue weighted by molar-refractivity contribution is 7.15. The molecule has 0 spiro atoms. The maximum atomic E-state index is 12.3.